The third kappa shape index (κ3) is 4.59. The molecule has 0 radical (unpaired) electrons. The Morgan fingerprint density at radius 2 is 1.90 bits per heavy atom. The number of allylic oxidation sites excluding steroid dienone is 4. The van der Waals surface area contributed by atoms with Crippen LogP contribution in [-0.4, -0.2) is 12.9 Å². The number of aryl methyl sites for hydroxylation is 1. The Morgan fingerprint density at radius 3 is 2.57 bits per heavy atom. The summed E-state index contributed by atoms with van der Waals surface area (Å²) in [7, 11) is 1.69. The standard InChI is InChI=1S/C19H24O2/c1-15-12-13-19(20)18(15)11-6-4-3-5-8-16-9-7-10-17(14-16)21-2/h3-4,7,9-10,14H,5-6,8,11-13H2,1-2H3/b4-3+. The first-order valence-electron chi connectivity index (χ1n) is 7.70. The van der Waals surface area contributed by atoms with E-state index in [0.29, 0.717) is 5.78 Å². The highest BCUT2D eigenvalue weighted by atomic mass is 16.5. The fraction of sp³-hybridized carbons (Fsp3) is 0.421. The minimum atomic E-state index is 0.359. The normalized spacial score (nSPS) is 15.2. The van der Waals surface area contributed by atoms with Crippen molar-refractivity contribution in [3.05, 3.63) is 53.1 Å². The Balaban J connectivity index is 1.71. The summed E-state index contributed by atoms with van der Waals surface area (Å²) in [6.45, 7) is 2.09. The molecule has 0 heterocycles. The van der Waals surface area contributed by atoms with Gasteiger partial charge in [-0.15, -0.1) is 0 Å². The number of benzene rings is 1. The van der Waals surface area contributed by atoms with Crippen molar-refractivity contribution in [3.8, 4) is 5.75 Å². The van der Waals surface area contributed by atoms with E-state index in [2.05, 4.69) is 31.2 Å². The molecule has 0 saturated carbocycles. The summed E-state index contributed by atoms with van der Waals surface area (Å²) in [5.41, 5.74) is 3.67. The highest BCUT2D eigenvalue weighted by Gasteiger charge is 2.18. The van der Waals surface area contributed by atoms with Crippen molar-refractivity contribution in [2.75, 3.05) is 7.11 Å². The molecule has 2 rings (SSSR count). The van der Waals surface area contributed by atoms with Gasteiger partial charge in [-0.05, 0) is 62.3 Å². The number of methoxy groups -OCH3 is 1. The molecule has 2 heteroatoms. The number of rotatable bonds is 7. The second-order valence-corrected chi connectivity index (χ2v) is 5.58. The van der Waals surface area contributed by atoms with E-state index in [1.54, 1.807) is 7.11 Å². The molecule has 1 aromatic carbocycles. The number of carbonyl (C=O) groups excluding carboxylic acids is 1. The van der Waals surface area contributed by atoms with Crippen molar-refractivity contribution >= 4 is 5.78 Å². The van der Waals surface area contributed by atoms with Gasteiger partial charge in [-0.1, -0.05) is 29.9 Å². The molecule has 112 valence electrons. The second kappa shape index (κ2) is 7.82. The summed E-state index contributed by atoms with van der Waals surface area (Å²) in [5.74, 6) is 1.27. The highest BCUT2D eigenvalue weighted by Crippen LogP contribution is 2.25. The van der Waals surface area contributed by atoms with Gasteiger partial charge in [-0.3, -0.25) is 4.79 Å². The van der Waals surface area contributed by atoms with Gasteiger partial charge in [0.15, 0.2) is 5.78 Å². The number of hydrogen-bond donors (Lipinski definition) is 0. The van der Waals surface area contributed by atoms with Gasteiger partial charge in [0.25, 0.3) is 0 Å². The maximum absolute atomic E-state index is 11.7. The van der Waals surface area contributed by atoms with Crippen molar-refractivity contribution in [1.82, 2.24) is 0 Å². The lowest BCUT2D eigenvalue weighted by molar-refractivity contribution is -0.115. The molecule has 2 nitrogen and oxygen atoms in total. The van der Waals surface area contributed by atoms with E-state index >= 15 is 0 Å². The monoisotopic (exact) mass is 284 g/mol. The second-order valence-electron chi connectivity index (χ2n) is 5.58. The molecule has 1 aliphatic carbocycles. The summed E-state index contributed by atoms with van der Waals surface area (Å²) in [6, 6.07) is 8.20. The predicted octanol–water partition coefficient (Wildman–Crippen LogP) is 4.64. The van der Waals surface area contributed by atoms with Gasteiger partial charge in [-0.2, -0.15) is 0 Å². The molecule has 0 aliphatic heterocycles. The minimum Gasteiger partial charge on any atom is -0.497 e. The Kier molecular flexibility index (Phi) is 5.79. The van der Waals surface area contributed by atoms with Crippen molar-refractivity contribution < 1.29 is 9.53 Å². The molecule has 0 saturated heterocycles. The molecule has 0 amide bonds. The van der Waals surface area contributed by atoms with E-state index in [4.69, 9.17) is 4.74 Å². The van der Waals surface area contributed by atoms with Crippen LogP contribution in [0.3, 0.4) is 0 Å². The first kappa shape index (κ1) is 15.6. The quantitative estimate of drug-likeness (QED) is 0.682. The Hall–Kier alpha value is -1.83. The summed E-state index contributed by atoms with van der Waals surface area (Å²) >= 11 is 0. The van der Waals surface area contributed by atoms with E-state index in [1.165, 1.54) is 11.1 Å². The van der Waals surface area contributed by atoms with Crippen LogP contribution in [-0.2, 0) is 11.2 Å². The van der Waals surface area contributed by atoms with Gasteiger partial charge in [-0.25, -0.2) is 0 Å². The number of carbonyl (C=O) groups is 1. The maximum Gasteiger partial charge on any atom is 0.159 e. The van der Waals surface area contributed by atoms with Crippen LogP contribution >= 0.6 is 0 Å². The molecule has 1 aliphatic rings. The number of ketones is 1. The molecule has 0 atom stereocenters. The summed E-state index contributed by atoms with van der Waals surface area (Å²) in [4.78, 5) is 11.7. The fourth-order valence-electron chi connectivity index (χ4n) is 2.73. The van der Waals surface area contributed by atoms with E-state index < -0.39 is 0 Å². The molecular weight excluding hydrogens is 260 g/mol. The van der Waals surface area contributed by atoms with Crippen molar-refractivity contribution in [3.63, 3.8) is 0 Å². The van der Waals surface area contributed by atoms with Gasteiger partial charge in [0.05, 0.1) is 7.11 Å². The Labute approximate surface area is 127 Å². The third-order valence-electron chi connectivity index (χ3n) is 4.04. The Bertz CT molecular complexity index is 552. The van der Waals surface area contributed by atoms with Crippen LogP contribution in [0.15, 0.2) is 47.6 Å². The van der Waals surface area contributed by atoms with Crippen molar-refractivity contribution in [2.24, 2.45) is 0 Å². The largest absolute Gasteiger partial charge is 0.497 e. The van der Waals surface area contributed by atoms with Gasteiger partial charge in [0.2, 0.25) is 0 Å². The molecule has 21 heavy (non-hydrogen) atoms. The molecule has 0 aromatic heterocycles. The minimum absolute atomic E-state index is 0.359. The zero-order valence-corrected chi connectivity index (χ0v) is 13.0. The number of Topliss-reactive ketones (excluding diaryl/α,β-unsaturated/α-hetero) is 1. The summed E-state index contributed by atoms with van der Waals surface area (Å²) < 4.78 is 5.22. The molecule has 0 unspecified atom stereocenters. The van der Waals surface area contributed by atoms with Crippen molar-refractivity contribution in [2.45, 2.75) is 45.4 Å². The van der Waals surface area contributed by atoms with E-state index in [-0.39, 0.29) is 0 Å². The van der Waals surface area contributed by atoms with Crippen LogP contribution in [0, 0.1) is 0 Å². The lowest BCUT2D eigenvalue weighted by Crippen LogP contribution is -1.95. The van der Waals surface area contributed by atoms with Crippen LogP contribution in [0.25, 0.3) is 0 Å². The van der Waals surface area contributed by atoms with E-state index in [9.17, 15) is 4.79 Å². The molecular formula is C19H24O2. The van der Waals surface area contributed by atoms with E-state index in [1.807, 2.05) is 12.1 Å². The molecule has 1 aromatic rings. The first-order chi connectivity index (χ1) is 10.2. The van der Waals surface area contributed by atoms with Crippen LogP contribution in [0.2, 0.25) is 0 Å². The SMILES string of the molecule is COc1cccc(CC/C=C/CCC2=C(C)CCC2=O)c1. The number of ether oxygens (including phenoxy) is 1. The lowest BCUT2D eigenvalue weighted by atomic mass is 10.1. The third-order valence-corrected chi connectivity index (χ3v) is 4.04. The van der Waals surface area contributed by atoms with Crippen LogP contribution < -0.4 is 4.74 Å². The molecule has 0 N–H and O–H groups in total. The Morgan fingerprint density at radius 1 is 1.14 bits per heavy atom. The van der Waals surface area contributed by atoms with Crippen molar-refractivity contribution in [1.29, 1.82) is 0 Å². The topological polar surface area (TPSA) is 26.3 Å². The number of hydrogen-bond acceptors (Lipinski definition) is 2. The van der Waals surface area contributed by atoms with Crippen LogP contribution in [0.4, 0.5) is 0 Å². The van der Waals surface area contributed by atoms with E-state index in [0.717, 1.165) is 49.8 Å². The average Bonchev–Trinajstić information content (AvgIpc) is 2.82. The summed E-state index contributed by atoms with van der Waals surface area (Å²) in [5, 5.41) is 0. The zero-order chi connectivity index (χ0) is 15.1. The smallest absolute Gasteiger partial charge is 0.159 e. The first-order valence-corrected chi connectivity index (χ1v) is 7.70. The predicted molar refractivity (Wildman–Crippen MR) is 86.6 cm³/mol. The van der Waals surface area contributed by atoms with Gasteiger partial charge in [0, 0.05) is 6.42 Å². The maximum atomic E-state index is 11.7. The average molecular weight is 284 g/mol. The van der Waals surface area contributed by atoms with Gasteiger partial charge in [0.1, 0.15) is 5.75 Å². The van der Waals surface area contributed by atoms with Gasteiger partial charge >= 0.3 is 0 Å². The van der Waals surface area contributed by atoms with Gasteiger partial charge < -0.3 is 4.74 Å². The zero-order valence-electron chi connectivity index (χ0n) is 13.0. The fourth-order valence-corrected chi connectivity index (χ4v) is 2.73. The summed E-state index contributed by atoms with van der Waals surface area (Å²) in [6.07, 6.45) is 10.0. The molecule has 0 bridgehead atoms. The lowest BCUT2D eigenvalue weighted by Gasteiger charge is -2.02. The van der Waals surface area contributed by atoms with Crippen LogP contribution in [0.5, 0.6) is 5.75 Å². The molecule has 0 fully saturated rings. The van der Waals surface area contributed by atoms with Crippen LogP contribution in [0.1, 0.15) is 44.6 Å². The highest BCUT2D eigenvalue weighted by molar-refractivity contribution is 5.98. The molecule has 0 spiro atoms.